The summed E-state index contributed by atoms with van der Waals surface area (Å²) in [7, 11) is 0. The molecule has 0 saturated carbocycles. The Hall–Kier alpha value is -1.82. The molecule has 0 fully saturated rings. The predicted molar refractivity (Wildman–Crippen MR) is 79.1 cm³/mol. The zero-order valence-corrected chi connectivity index (χ0v) is 12.5. The number of hydrogen-bond donors (Lipinski definition) is 2. The van der Waals surface area contributed by atoms with Crippen molar-refractivity contribution in [1.29, 1.82) is 0 Å². The number of urea groups is 1. The molecule has 0 saturated heterocycles. The highest BCUT2D eigenvalue weighted by molar-refractivity contribution is 7.09. The van der Waals surface area contributed by atoms with Crippen molar-refractivity contribution in [1.82, 2.24) is 15.6 Å². The summed E-state index contributed by atoms with van der Waals surface area (Å²) in [4.78, 5) is 16.1. The van der Waals surface area contributed by atoms with E-state index < -0.39 is 0 Å². The number of nitrogens with zero attached hydrogens (tertiary/aromatic N) is 1. The smallest absolute Gasteiger partial charge is 0.314 e. The molecule has 0 aliphatic heterocycles. The highest BCUT2D eigenvalue weighted by Gasteiger charge is 2.10. The first-order valence-electron chi connectivity index (χ1n) is 6.61. The van der Waals surface area contributed by atoms with Gasteiger partial charge in [0.15, 0.2) is 0 Å². The van der Waals surface area contributed by atoms with Gasteiger partial charge in [-0.05, 0) is 19.1 Å². The number of carbonyl (C=O) groups excluding carboxylic acids is 1. The molecule has 2 aromatic rings. The van der Waals surface area contributed by atoms with Gasteiger partial charge in [-0.1, -0.05) is 6.92 Å². The van der Waals surface area contributed by atoms with Crippen LogP contribution < -0.4 is 10.6 Å². The van der Waals surface area contributed by atoms with Crippen molar-refractivity contribution < 1.29 is 9.21 Å². The van der Waals surface area contributed by atoms with Crippen LogP contribution in [0.15, 0.2) is 28.2 Å². The summed E-state index contributed by atoms with van der Waals surface area (Å²) >= 11 is 1.63. The monoisotopic (exact) mass is 293 g/mol. The normalized spacial score (nSPS) is 12.1. The van der Waals surface area contributed by atoms with Gasteiger partial charge in [-0.3, -0.25) is 0 Å². The zero-order chi connectivity index (χ0) is 14.4. The van der Waals surface area contributed by atoms with Crippen LogP contribution in [-0.2, 0) is 6.42 Å². The van der Waals surface area contributed by atoms with Gasteiger partial charge in [0, 0.05) is 36.5 Å². The molecule has 20 heavy (non-hydrogen) atoms. The van der Waals surface area contributed by atoms with Crippen molar-refractivity contribution in [3.8, 4) is 0 Å². The number of hydrogen-bond acceptors (Lipinski definition) is 4. The standard InChI is InChI=1S/C14H19N3O2S/c1-10(13-17-11(2)9-20-13)8-16-14(18)15-6-5-12-4-3-7-19-12/h3-4,7,9-10H,5-6,8H2,1-2H3,(H2,15,16,18)/t10-/m0/s1. The lowest BCUT2D eigenvalue weighted by molar-refractivity contribution is 0.240. The van der Waals surface area contributed by atoms with Gasteiger partial charge in [0.05, 0.1) is 11.3 Å². The van der Waals surface area contributed by atoms with Gasteiger partial charge in [-0.2, -0.15) is 0 Å². The summed E-state index contributed by atoms with van der Waals surface area (Å²) in [6, 6.07) is 3.58. The number of amides is 2. The number of rotatable bonds is 6. The van der Waals surface area contributed by atoms with Crippen molar-refractivity contribution in [2.24, 2.45) is 0 Å². The van der Waals surface area contributed by atoms with E-state index in [1.807, 2.05) is 24.4 Å². The Labute approximate surface area is 122 Å². The van der Waals surface area contributed by atoms with Crippen LogP contribution in [0.5, 0.6) is 0 Å². The van der Waals surface area contributed by atoms with Gasteiger partial charge in [0.25, 0.3) is 0 Å². The number of aromatic nitrogens is 1. The van der Waals surface area contributed by atoms with Crippen LogP contribution in [0.4, 0.5) is 4.79 Å². The summed E-state index contributed by atoms with van der Waals surface area (Å²) in [6.45, 7) is 5.17. The van der Waals surface area contributed by atoms with Gasteiger partial charge in [0.1, 0.15) is 5.76 Å². The highest BCUT2D eigenvalue weighted by Crippen LogP contribution is 2.18. The van der Waals surface area contributed by atoms with Crippen molar-refractivity contribution in [3.05, 3.63) is 40.2 Å². The fraction of sp³-hybridized carbons (Fsp3) is 0.429. The molecule has 0 radical (unpaired) electrons. The van der Waals surface area contributed by atoms with Crippen molar-refractivity contribution in [2.45, 2.75) is 26.2 Å². The van der Waals surface area contributed by atoms with Gasteiger partial charge in [0.2, 0.25) is 0 Å². The first-order chi connectivity index (χ1) is 9.65. The topological polar surface area (TPSA) is 67.2 Å². The first-order valence-corrected chi connectivity index (χ1v) is 7.49. The van der Waals surface area contributed by atoms with Crippen LogP contribution >= 0.6 is 11.3 Å². The summed E-state index contributed by atoms with van der Waals surface area (Å²) in [6.07, 6.45) is 2.33. The van der Waals surface area contributed by atoms with E-state index in [2.05, 4.69) is 22.5 Å². The van der Waals surface area contributed by atoms with Crippen LogP contribution in [0.25, 0.3) is 0 Å². The number of furan rings is 1. The Kier molecular flexibility index (Phi) is 5.17. The van der Waals surface area contributed by atoms with Gasteiger partial charge >= 0.3 is 6.03 Å². The molecule has 2 aromatic heterocycles. The second-order valence-corrected chi connectivity index (χ2v) is 5.58. The lowest BCUT2D eigenvalue weighted by Gasteiger charge is -2.11. The maximum atomic E-state index is 11.6. The van der Waals surface area contributed by atoms with Crippen LogP contribution in [0.3, 0.4) is 0 Å². The first kappa shape index (κ1) is 14.6. The quantitative estimate of drug-likeness (QED) is 0.860. The molecule has 108 valence electrons. The van der Waals surface area contributed by atoms with Crippen LogP contribution in [0, 0.1) is 6.92 Å². The molecule has 2 N–H and O–H groups in total. The summed E-state index contributed by atoms with van der Waals surface area (Å²) in [5, 5.41) is 8.74. The SMILES string of the molecule is Cc1csc([C@@H](C)CNC(=O)NCCc2ccco2)n1. The molecule has 0 aliphatic rings. The maximum Gasteiger partial charge on any atom is 0.314 e. The lowest BCUT2D eigenvalue weighted by Crippen LogP contribution is -2.38. The molecule has 0 bridgehead atoms. The molecule has 0 spiro atoms. The summed E-state index contributed by atoms with van der Waals surface area (Å²) < 4.78 is 5.20. The molecule has 0 aromatic carbocycles. The molecule has 5 nitrogen and oxygen atoms in total. The highest BCUT2D eigenvalue weighted by atomic mass is 32.1. The molecular weight excluding hydrogens is 274 g/mol. The second kappa shape index (κ2) is 7.09. The average Bonchev–Trinajstić information content (AvgIpc) is 3.07. The van der Waals surface area contributed by atoms with Gasteiger partial charge in [-0.25, -0.2) is 9.78 Å². The van der Waals surface area contributed by atoms with E-state index in [-0.39, 0.29) is 11.9 Å². The molecule has 0 unspecified atom stereocenters. The minimum absolute atomic E-state index is 0.156. The van der Waals surface area contributed by atoms with E-state index in [0.717, 1.165) is 16.5 Å². The van der Waals surface area contributed by atoms with E-state index in [4.69, 9.17) is 4.42 Å². The minimum Gasteiger partial charge on any atom is -0.469 e. The third kappa shape index (κ3) is 4.38. The molecule has 2 rings (SSSR count). The summed E-state index contributed by atoms with van der Waals surface area (Å²) in [5.41, 5.74) is 1.03. The number of carbonyl (C=O) groups is 1. The van der Waals surface area contributed by atoms with Gasteiger partial charge in [-0.15, -0.1) is 11.3 Å². The molecule has 0 aliphatic carbocycles. The Bertz CT molecular complexity index is 536. The average molecular weight is 293 g/mol. The Morgan fingerprint density at radius 2 is 2.35 bits per heavy atom. The lowest BCUT2D eigenvalue weighted by atomic mass is 10.2. The second-order valence-electron chi connectivity index (χ2n) is 4.69. The van der Waals surface area contributed by atoms with Gasteiger partial charge < -0.3 is 15.1 Å². The number of thiazole rings is 1. The fourth-order valence-electron chi connectivity index (χ4n) is 1.75. The zero-order valence-electron chi connectivity index (χ0n) is 11.7. The third-order valence-electron chi connectivity index (χ3n) is 2.86. The van der Waals surface area contributed by atoms with E-state index in [9.17, 15) is 4.79 Å². The van der Waals surface area contributed by atoms with Crippen molar-refractivity contribution in [2.75, 3.05) is 13.1 Å². The third-order valence-corrected chi connectivity index (χ3v) is 4.06. The molecular formula is C14H19N3O2S. The van der Waals surface area contributed by atoms with Crippen molar-refractivity contribution >= 4 is 17.4 Å². The number of aryl methyl sites for hydroxylation is 1. The Balaban J connectivity index is 1.64. The maximum absolute atomic E-state index is 11.6. The molecule has 2 amide bonds. The predicted octanol–water partition coefficient (Wildman–Crippen LogP) is 2.69. The fourth-order valence-corrected chi connectivity index (χ4v) is 2.60. The van der Waals surface area contributed by atoms with Crippen molar-refractivity contribution in [3.63, 3.8) is 0 Å². The minimum atomic E-state index is -0.156. The van der Waals surface area contributed by atoms with Crippen LogP contribution in [0.2, 0.25) is 0 Å². The largest absolute Gasteiger partial charge is 0.469 e. The number of nitrogens with one attached hydrogen (secondary N) is 2. The van der Waals surface area contributed by atoms with E-state index in [1.165, 1.54) is 0 Å². The van der Waals surface area contributed by atoms with E-state index >= 15 is 0 Å². The van der Waals surface area contributed by atoms with Crippen LogP contribution in [-0.4, -0.2) is 24.1 Å². The molecule has 1 atom stereocenters. The van der Waals surface area contributed by atoms with Crippen LogP contribution in [0.1, 0.15) is 29.3 Å². The van der Waals surface area contributed by atoms with E-state index in [1.54, 1.807) is 17.6 Å². The van der Waals surface area contributed by atoms with E-state index in [0.29, 0.717) is 19.5 Å². The Morgan fingerprint density at radius 1 is 1.50 bits per heavy atom. The molecule has 6 heteroatoms. The summed E-state index contributed by atoms with van der Waals surface area (Å²) in [5.74, 6) is 1.10. The molecule has 2 heterocycles. The Morgan fingerprint density at radius 3 is 3.00 bits per heavy atom.